The van der Waals surface area contributed by atoms with Crippen molar-refractivity contribution in [1.82, 2.24) is 24.7 Å². The van der Waals surface area contributed by atoms with Crippen molar-refractivity contribution >= 4 is 34.4 Å². The Labute approximate surface area is 216 Å². The van der Waals surface area contributed by atoms with Gasteiger partial charge < -0.3 is 30.2 Å². The summed E-state index contributed by atoms with van der Waals surface area (Å²) in [5.41, 5.74) is 9.46. The first-order valence-electron chi connectivity index (χ1n) is 11.7. The number of imidazole rings is 1. The van der Waals surface area contributed by atoms with Crippen molar-refractivity contribution in [1.29, 1.82) is 0 Å². The monoisotopic (exact) mass is 527 g/mol. The van der Waals surface area contributed by atoms with Crippen LogP contribution in [0.4, 0.5) is 5.82 Å². The van der Waals surface area contributed by atoms with Crippen LogP contribution >= 0.6 is 11.6 Å². The Morgan fingerprint density at radius 2 is 2.11 bits per heavy atom. The topological polar surface area (TPSA) is 163 Å². The largest absolute Gasteiger partial charge is 0.459 e. The minimum atomic E-state index is -1.11. The molecular formula is C24H26ClN7O5. The molecule has 0 spiro atoms. The number of nitrogens with zero attached hydrogens (tertiary/aromatic N) is 5. The second-order valence-electron chi connectivity index (χ2n) is 8.72. The molecule has 3 aromatic heterocycles. The molecule has 1 saturated heterocycles. The Balaban J connectivity index is 1.35. The Hall–Kier alpha value is -3.58. The summed E-state index contributed by atoms with van der Waals surface area (Å²) in [7, 11) is 0. The number of carbonyl (C=O) groups excluding carboxylic acids is 1. The van der Waals surface area contributed by atoms with E-state index in [2.05, 4.69) is 25.4 Å². The zero-order valence-electron chi connectivity index (χ0n) is 20.2. The molecule has 4 aromatic rings. The van der Waals surface area contributed by atoms with E-state index < -0.39 is 24.5 Å². The number of Topliss-reactive ketones (excluding diaryl/α,β-unsaturated/α-hetero) is 1. The van der Waals surface area contributed by atoms with Crippen LogP contribution in [0.2, 0.25) is 5.02 Å². The number of fused-ring (bicyclic) bond motifs is 1. The van der Waals surface area contributed by atoms with Crippen molar-refractivity contribution in [2.45, 2.75) is 57.9 Å². The molecule has 1 aliphatic heterocycles. The van der Waals surface area contributed by atoms with E-state index >= 15 is 0 Å². The summed E-state index contributed by atoms with van der Waals surface area (Å²) in [6.07, 6.45) is 0.222. The van der Waals surface area contributed by atoms with Crippen LogP contribution in [0.5, 0.6) is 5.95 Å². The number of nitrogens with two attached hydrogens (primary N) is 1. The molecule has 4 atom stereocenters. The van der Waals surface area contributed by atoms with Crippen molar-refractivity contribution < 1.29 is 23.9 Å². The quantitative estimate of drug-likeness (QED) is 0.293. The number of nitrogens with one attached hydrogen (secondary N) is 1. The van der Waals surface area contributed by atoms with Gasteiger partial charge in [0.2, 0.25) is 0 Å². The number of carbonyl (C=O) groups is 1. The first-order valence-corrected chi connectivity index (χ1v) is 12.1. The third kappa shape index (κ3) is 5.01. The summed E-state index contributed by atoms with van der Waals surface area (Å²) in [4.78, 5) is 25.3. The number of benzene rings is 1. The molecule has 194 valence electrons. The van der Waals surface area contributed by atoms with Crippen LogP contribution in [0, 0.1) is 6.92 Å². The number of aliphatic hydroxyl groups is 1. The fourth-order valence-corrected chi connectivity index (χ4v) is 4.41. The molecule has 0 bridgehead atoms. The minimum Gasteiger partial charge on any atom is -0.459 e. The number of aryl methyl sites for hydroxylation is 1. The van der Waals surface area contributed by atoms with Gasteiger partial charge in [0.1, 0.15) is 25.1 Å². The molecule has 1 unspecified atom stereocenters. The van der Waals surface area contributed by atoms with Crippen molar-refractivity contribution in [2.24, 2.45) is 5.73 Å². The first kappa shape index (κ1) is 25.1. The van der Waals surface area contributed by atoms with Crippen molar-refractivity contribution in [3.63, 3.8) is 0 Å². The third-order valence-corrected chi connectivity index (χ3v) is 6.45. The van der Waals surface area contributed by atoms with E-state index in [0.29, 0.717) is 34.5 Å². The molecule has 12 nitrogen and oxygen atoms in total. The normalized spacial score (nSPS) is 21.4. The number of ketones is 1. The molecule has 4 N–H and O–H groups in total. The minimum absolute atomic E-state index is 0.171. The zero-order valence-corrected chi connectivity index (χ0v) is 20.9. The number of aliphatic hydroxyl groups excluding tert-OH is 1. The van der Waals surface area contributed by atoms with Crippen molar-refractivity contribution in [2.75, 3.05) is 5.32 Å². The van der Waals surface area contributed by atoms with Gasteiger partial charge in [-0.2, -0.15) is 0 Å². The number of aromatic nitrogens is 5. The van der Waals surface area contributed by atoms with E-state index in [1.807, 2.05) is 19.1 Å². The van der Waals surface area contributed by atoms with E-state index in [1.165, 1.54) is 12.7 Å². The summed E-state index contributed by atoms with van der Waals surface area (Å²) in [5.74, 6) is 0.628. The van der Waals surface area contributed by atoms with Gasteiger partial charge in [-0.15, -0.1) is 0 Å². The first-order chi connectivity index (χ1) is 17.9. The van der Waals surface area contributed by atoms with E-state index in [4.69, 9.17) is 31.3 Å². The van der Waals surface area contributed by atoms with Crippen LogP contribution in [-0.2, 0) is 22.7 Å². The van der Waals surface area contributed by atoms with Gasteiger partial charge in [0.15, 0.2) is 29.0 Å². The predicted molar refractivity (Wildman–Crippen MR) is 133 cm³/mol. The maximum atomic E-state index is 12.2. The predicted octanol–water partition coefficient (Wildman–Crippen LogP) is 2.53. The number of halogens is 1. The molecule has 37 heavy (non-hydrogen) atoms. The Morgan fingerprint density at radius 1 is 1.27 bits per heavy atom. The molecular weight excluding hydrogens is 502 g/mol. The van der Waals surface area contributed by atoms with Gasteiger partial charge in [-0.05, 0) is 30.2 Å². The second-order valence-corrected chi connectivity index (χ2v) is 9.16. The third-order valence-electron chi connectivity index (χ3n) is 6.21. The van der Waals surface area contributed by atoms with E-state index in [0.717, 1.165) is 16.8 Å². The van der Waals surface area contributed by atoms with Crippen molar-refractivity contribution in [3.05, 3.63) is 58.8 Å². The maximum Gasteiger partial charge on any atom is 0.311 e. The average molecular weight is 528 g/mol. The fourth-order valence-electron chi connectivity index (χ4n) is 4.22. The molecule has 0 aliphatic carbocycles. The summed E-state index contributed by atoms with van der Waals surface area (Å²) in [6.45, 7) is 4.16. The fraction of sp³-hybridized carbons (Fsp3) is 0.375. The molecule has 0 saturated carbocycles. The molecule has 0 radical (unpaired) electrons. The Kier molecular flexibility index (Phi) is 7.07. The lowest BCUT2D eigenvalue weighted by atomic mass is 10.0. The SMILES string of the molecule is CCC(=O)[C@H]1O[C@@H](n2cnc3c(NCc4cc(Cl)ccc4COc4cc(C)no4)ncnc32)C(O)[C@H]1N. The smallest absolute Gasteiger partial charge is 0.311 e. The van der Waals surface area contributed by atoms with Crippen molar-refractivity contribution in [3.8, 4) is 5.95 Å². The van der Waals surface area contributed by atoms with Crippen LogP contribution in [0.3, 0.4) is 0 Å². The molecule has 13 heteroatoms. The summed E-state index contributed by atoms with van der Waals surface area (Å²) in [5, 5.41) is 18.3. The lowest BCUT2D eigenvalue weighted by Crippen LogP contribution is -2.43. The number of anilines is 1. The lowest BCUT2D eigenvalue weighted by Gasteiger charge is -2.17. The van der Waals surface area contributed by atoms with E-state index in [1.54, 1.807) is 23.6 Å². The van der Waals surface area contributed by atoms with Crippen LogP contribution in [-0.4, -0.2) is 53.8 Å². The molecule has 4 heterocycles. The number of hydrogen-bond acceptors (Lipinski definition) is 11. The highest BCUT2D eigenvalue weighted by atomic mass is 35.5. The molecule has 0 amide bonds. The summed E-state index contributed by atoms with van der Waals surface area (Å²) < 4.78 is 18.2. The van der Waals surface area contributed by atoms with E-state index in [-0.39, 0.29) is 18.8 Å². The van der Waals surface area contributed by atoms with Gasteiger partial charge in [0.05, 0.1) is 18.1 Å². The van der Waals surface area contributed by atoms with Gasteiger partial charge in [-0.1, -0.05) is 29.7 Å². The van der Waals surface area contributed by atoms with Gasteiger partial charge >= 0.3 is 5.95 Å². The zero-order chi connectivity index (χ0) is 26.1. The number of hydrogen-bond donors (Lipinski definition) is 3. The van der Waals surface area contributed by atoms with Crippen LogP contribution in [0.1, 0.15) is 36.4 Å². The Bertz CT molecular complexity index is 1420. The maximum absolute atomic E-state index is 12.2. The number of ether oxygens (including phenoxy) is 2. The summed E-state index contributed by atoms with van der Waals surface area (Å²) in [6, 6.07) is 6.36. The highest BCUT2D eigenvalue weighted by Gasteiger charge is 2.45. The van der Waals surface area contributed by atoms with Gasteiger partial charge in [0, 0.05) is 24.1 Å². The summed E-state index contributed by atoms with van der Waals surface area (Å²) >= 11 is 6.25. The highest BCUT2D eigenvalue weighted by molar-refractivity contribution is 6.30. The molecule has 1 fully saturated rings. The van der Waals surface area contributed by atoms with Gasteiger partial charge in [-0.25, -0.2) is 15.0 Å². The van der Waals surface area contributed by atoms with E-state index in [9.17, 15) is 9.90 Å². The number of rotatable bonds is 9. The van der Waals surface area contributed by atoms with Crippen LogP contribution in [0.15, 0.2) is 41.4 Å². The average Bonchev–Trinajstić information content (AvgIpc) is 3.59. The molecule has 5 rings (SSSR count). The van der Waals surface area contributed by atoms with Crippen LogP contribution in [0.25, 0.3) is 11.2 Å². The molecule has 1 aromatic carbocycles. The molecule has 1 aliphatic rings. The Morgan fingerprint density at radius 3 is 2.86 bits per heavy atom. The standard InChI is InChI=1S/C24H26ClN7O5/c1-3-16(33)21-18(26)20(34)24(36-21)32-11-30-19-22(28-10-29-23(19)32)27-8-14-7-15(25)5-4-13(14)9-35-17-6-12(2)31-37-17/h4-7,10-11,18,20-21,24,34H,3,8-9,26H2,1-2H3,(H,27,28,29)/t18-,20?,21-,24-/m1/s1. The highest BCUT2D eigenvalue weighted by Crippen LogP contribution is 2.32. The van der Waals surface area contributed by atoms with Gasteiger partial charge in [-0.3, -0.25) is 9.36 Å². The van der Waals surface area contributed by atoms with Gasteiger partial charge in [0.25, 0.3) is 0 Å². The lowest BCUT2D eigenvalue weighted by molar-refractivity contribution is -0.132. The van der Waals surface area contributed by atoms with Crippen LogP contribution < -0.4 is 15.8 Å². The second kappa shape index (κ2) is 10.4.